The van der Waals surface area contributed by atoms with Crippen LogP contribution in [0.1, 0.15) is 11.3 Å². The summed E-state index contributed by atoms with van der Waals surface area (Å²) in [5.74, 6) is 1.34. The Morgan fingerprint density at radius 3 is 2.54 bits per heavy atom. The molecule has 0 saturated heterocycles. The Morgan fingerprint density at radius 1 is 1.07 bits per heavy atom. The summed E-state index contributed by atoms with van der Waals surface area (Å²) in [7, 11) is 3.17. The highest BCUT2D eigenvalue weighted by atomic mass is 19.1. The van der Waals surface area contributed by atoms with Gasteiger partial charge in [0, 0.05) is 18.2 Å². The number of benzene rings is 2. The number of carbonyl (C=O) groups excluding carboxylic acids is 1. The zero-order chi connectivity index (χ0) is 19.9. The average Bonchev–Trinajstić information content (AvgIpc) is 3.16. The number of hydrogen-bond acceptors (Lipinski definition) is 5. The number of amides is 1. The second-order valence-electron chi connectivity index (χ2n) is 6.16. The van der Waals surface area contributed by atoms with Crippen LogP contribution in [0, 0.1) is 5.82 Å². The Kier molecular flexibility index (Phi) is 6.26. The van der Waals surface area contributed by atoms with E-state index >= 15 is 0 Å². The van der Waals surface area contributed by atoms with Crippen LogP contribution in [0.3, 0.4) is 0 Å². The molecule has 3 rings (SSSR count). The fraction of sp³-hybridized carbons (Fsp3) is 0.238. The maximum atomic E-state index is 13.0. The fourth-order valence-electron chi connectivity index (χ4n) is 2.75. The molecule has 0 aliphatic heterocycles. The Balaban J connectivity index is 1.50. The zero-order valence-corrected chi connectivity index (χ0v) is 15.7. The molecule has 0 aliphatic rings. The van der Waals surface area contributed by atoms with Gasteiger partial charge in [0.05, 0.1) is 26.3 Å². The first kappa shape index (κ1) is 19.4. The van der Waals surface area contributed by atoms with E-state index in [2.05, 4.69) is 10.5 Å². The molecule has 0 unspecified atom stereocenters. The van der Waals surface area contributed by atoms with Crippen molar-refractivity contribution in [3.8, 4) is 22.8 Å². The molecule has 28 heavy (non-hydrogen) atoms. The molecule has 0 fully saturated rings. The van der Waals surface area contributed by atoms with Crippen LogP contribution in [0.4, 0.5) is 4.39 Å². The van der Waals surface area contributed by atoms with Crippen molar-refractivity contribution in [3.63, 3.8) is 0 Å². The summed E-state index contributed by atoms with van der Waals surface area (Å²) >= 11 is 0. The number of halogens is 1. The summed E-state index contributed by atoms with van der Waals surface area (Å²) in [5.41, 5.74) is 2.25. The SMILES string of the molecule is COc1ccc(CCNC(=O)Cc2cc(-c3ccc(F)cc3)on2)cc1OC. The van der Waals surface area contributed by atoms with Gasteiger partial charge < -0.3 is 19.3 Å². The highest BCUT2D eigenvalue weighted by Crippen LogP contribution is 2.27. The van der Waals surface area contributed by atoms with Gasteiger partial charge >= 0.3 is 0 Å². The highest BCUT2D eigenvalue weighted by Gasteiger charge is 2.11. The number of hydrogen-bond donors (Lipinski definition) is 1. The monoisotopic (exact) mass is 384 g/mol. The molecule has 1 heterocycles. The molecule has 1 N–H and O–H groups in total. The number of carbonyl (C=O) groups is 1. The Morgan fingerprint density at radius 2 is 1.82 bits per heavy atom. The van der Waals surface area contributed by atoms with Crippen molar-refractivity contribution in [1.82, 2.24) is 10.5 Å². The van der Waals surface area contributed by atoms with Gasteiger partial charge in [-0.25, -0.2) is 4.39 Å². The molecule has 0 aliphatic carbocycles. The summed E-state index contributed by atoms with van der Waals surface area (Å²) in [6, 6.07) is 13.2. The second-order valence-corrected chi connectivity index (χ2v) is 6.16. The van der Waals surface area contributed by atoms with Crippen molar-refractivity contribution >= 4 is 5.91 Å². The van der Waals surface area contributed by atoms with Gasteiger partial charge in [0.15, 0.2) is 17.3 Å². The van der Waals surface area contributed by atoms with Gasteiger partial charge in [0.1, 0.15) is 5.82 Å². The van der Waals surface area contributed by atoms with Gasteiger partial charge in [0.2, 0.25) is 5.91 Å². The summed E-state index contributed by atoms with van der Waals surface area (Å²) in [5, 5.41) is 6.76. The van der Waals surface area contributed by atoms with Crippen molar-refractivity contribution in [2.75, 3.05) is 20.8 Å². The van der Waals surface area contributed by atoms with Crippen LogP contribution in [0.2, 0.25) is 0 Å². The van der Waals surface area contributed by atoms with Crippen LogP contribution < -0.4 is 14.8 Å². The number of aromatic nitrogens is 1. The molecule has 0 radical (unpaired) electrons. The van der Waals surface area contributed by atoms with E-state index in [4.69, 9.17) is 14.0 Å². The number of ether oxygens (including phenoxy) is 2. The molecule has 146 valence electrons. The third-order valence-corrected chi connectivity index (χ3v) is 4.21. The van der Waals surface area contributed by atoms with Crippen LogP contribution in [-0.2, 0) is 17.6 Å². The van der Waals surface area contributed by atoms with Crippen molar-refractivity contribution < 1.29 is 23.2 Å². The number of nitrogens with one attached hydrogen (secondary N) is 1. The van der Waals surface area contributed by atoms with Crippen LogP contribution in [-0.4, -0.2) is 31.8 Å². The molecule has 1 aromatic heterocycles. The number of nitrogens with zero attached hydrogens (tertiary/aromatic N) is 1. The second kappa shape index (κ2) is 9.03. The molecule has 3 aromatic rings. The molecule has 7 heteroatoms. The van der Waals surface area contributed by atoms with E-state index in [0.29, 0.717) is 41.5 Å². The fourth-order valence-corrected chi connectivity index (χ4v) is 2.75. The van der Waals surface area contributed by atoms with Crippen molar-refractivity contribution in [2.24, 2.45) is 0 Å². The maximum Gasteiger partial charge on any atom is 0.226 e. The van der Waals surface area contributed by atoms with Crippen LogP contribution in [0.25, 0.3) is 11.3 Å². The molecule has 0 bridgehead atoms. The van der Waals surface area contributed by atoms with E-state index in [0.717, 1.165) is 5.56 Å². The molecule has 0 spiro atoms. The van der Waals surface area contributed by atoms with Crippen molar-refractivity contribution in [1.29, 1.82) is 0 Å². The Bertz CT molecular complexity index is 938. The standard InChI is InChI=1S/C21H21FN2O4/c1-26-18-8-3-14(11-20(18)27-2)9-10-23-21(25)13-17-12-19(28-24-17)15-4-6-16(22)7-5-15/h3-8,11-12H,9-10,13H2,1-2H3,(H,23,25). The average molecular weight is 384 g/mol. The predicted octanol–water partition coefficient (Wildman–Crippen LogP) is 3.40. The molecular weight excluding hydrogens is 363 g/mol. The normalized spacial score (nSPS) is 10.5. The van der Waals surface area contributed by atoms with E-state index in [1.165, 1.54) is 12.1 Å². The van der Waals surface area contributed by atoms with Gasteiger partial charge in [-0.3, -0.25) is 4.79 Å². The maximum absolute atomic E-state index is 13.0. The quantitative estimate of drug-likeness (QED) is 0.644. The van der Waals surface area contributed by atoms with Crippen LogP contribution in [0.15, 0.2) is 53.1 Å². The Hall–Kier alpha value is -3.35. The number of methoxy groups -OCH3 is 2. The van der Waals surface area contributed by atoms with Gasteiger partial charge in [-0.1, -0.05) is 11.2 Å². The van der Waals surface area contributed by atoms with Crippen LogP contribution >= 0.6 is 0 Å². The summed E-state index contributed by atoms with van der Waals surface area (Å²) in [6.45, 7) is 0.483. The summed E-state index contributed by atoms with van der Waals surface area (Å²) in [6.07, 6.45) is 0.766. The lowest BCUT2D eigenvalue weighted by atomic mass is 10.1. The van der Waals surface area contributed by atoms with E-state index in [-0.39, 0.29) is 18.1 Å². The largest absolute Gasteiger partial charge is 0.493 e. The molecule has 0 atom stereocenters. The molecule has 6 nitrogen and oxygen atoms in total. The highest BCUT2D eigenvalue weighted by molar-refractivity contribution is 5.78. The molecule has 2 aromatic carbocycles. The lowest BCUT2D eigenvalue weighted by Gasteiger charge is -2.10. The van der Waals surface area contributed by atoms with Gasteiger partial charge in [-0.2, -0.15) is 0 Å². The molecular formula is C21H21FN2O4. The smallest absolute Gasteiger partial charge is 0.226 e. The van der Waals surface area contributed by atoms with Crippen LogP contribution in [0.5, 0.6) is 11.5 Å². The van der Waals surface area contributed by atoms with E-state index in [9.17, 15) is 9.18 Å². The first-order valence-corrected chi connectivity index (χ1v) is 8.78. The van der Waals surface area contributed by atoms with Crippen molar-refractivity contribution in [2.45, 2.75) is 12.8 Å². The van der Waals surface area contributed by atoms with E-state index in [1.54, 1.807) is 32.4 Å². The first-order valence-electron chi connectivity index (χ1n) is 8.78. The third-order valence-electron chi connectivity index (χ3n) is 4.21. The minimum atomic E-state index is -0.322. The zero-order valence-electron chi connectivity index (χ0n) is 15.7. The van der Waals surface area contributed by atoms with Crippen molar-refractivity contribution in [3.05, 3.63) is 65.6 Å². The molecule has 0 saturated carbocycles. The van der Waals surface area contributed by atoms with Gasteiger partial charge in [-0.15, -0.1) is 0 Å². The Labute approximate surface area is 162 Å². The topological polar surface area (TPSA) is 73.6 Å². The summed E-state index contributed by atoms with van der Waals surface area (Å²) < 4.78 is 28.7. The molecule has 1 amide bonds. The first-order chi connectivity index (χ1) is 13.6. The number of rotatable bonds is 8. The summed E-state index contributed by atoms with van der Waals surface area (Å²) in [4.78, 5) is 12.1. The minimum absolute atomic E-state index is 0.108. The minimum Gasteiger partial charge on any atom is -0.493 e. The van der Waals surface area contributed by atoms with E-state index < -0.39 is 0 Å². The van der Waals surface area contributed by atoms with Gasteiger partial charge in [-0.05, 0) is 48.4 Å². The van der Waals surface area contributed by atoms with Gasteiger partial charge in [0.25, 0.3) is 0 Å². The third kappa shape index (κ3) is 4.88. The lowest BCUT2D eigenvalue weighted by molar-refractivity contribution is -0.120. The predicted molar refractivity (Wildman–Crippen MR) is 102 cm³/mol. The van der Waals surface area contributed by atoms with E-state index in [1.807, 2.05) is 18.2 Å². The lowest BCUT2D eigenvalue weighted by Crippen LogP contribution is -2.27.